The number of fused-ring (bicyclic) bond motifs is 2. The van der Waals surface area contributed by atoms with Crippen LogP contribution in [0.25, 0.3) is 27.7 Å². The molecule has 4 aromatic rings. The molecule has 1 aliphatic rings. The summed E-state index contributed by atoms with van der Waals surface area (Å²) in [5.41, 5.74) is 2.94. The third-order valence-electron chi connectivity index (χ3n) is 5.85. The molecule has 0 aliphatic carbocycles. The van der Waals surface area contributed by atoms with Gasteiger partial charge >= 0.3 is 0 Å². The Labute approximate surface area is 182 Å². The van der Waals surface area contributed by atoms with Gasteiger partial charge in [0, 0.05) is 48.9 Å². The number of aromatic amines is 1. The molecule has 0 unspecified atom stereocenters. The Bertz CT molecular complexity index is 1340. The number of halogens is 2. The van der Waals surface area contributed by atoms with E-state index in [9.17, 15) is 4.79 Å². The van der Waals surface area contributed by atoms with E-state index in [2.05, 4.69) is 26.7 Å². The van der Waals surface area contributed by atoms with Crippen molar-refractivity contribution in [2.24, 2.45) is 0 Å². The Morgan fingerprint density at radius 2 is 2.00 bits per heavy atom. The molecule has 7 nitrogen and oxygen atoms in total. The van der Waals surface area contributed by atoms with Crippen molar-refractivity contribution >= 4 is 39.9 Å². The first-order valence-electron chi connectivity index (χ1n) is 9.94. The molecule has 9 heteroatoms. The largest absolute Gasteiger partial charge is 0.353 e. The zero-order valence-electron chi connectivity index (χ0n) is 16.9. The van der Waals surface area contributed by atoms with E-state index in [1.807, 2.05) is 19.1 Å². The van der Waals surface area contributed by atoms with Gasteiger partial charge in [-0.25, -0.2) is 9.37 Å². The van der Waals surface area contributed by atoms with Crippen molar-refractivity contribution < 1.29 is 9.18 Å². The summed E-state index contributed by atoms with van der Waals surface area (Å²) in [6.07, 6.45) is 6.35. The van der Waals surface area contributed by atoms with Gasteiger partial charge in [0.05, 0.1) is 22.9 Å². The second-order valence-electron chi connectivity index (χ2n) is 7.58. The summed E-state index contributed by atoms with van der Waals surface area (Å²) >= 11 is 6.63. The van der Waals surface area contributed by atoms with Crippen LogP contribution in [-0.4, -0.2) is 56.6 Å². The van der Waals surface area contributed by atoms with Crippen molar-refractivity contribution in [3.8, 4) is 11.1 Å². The number of nitrogens with one attached hydrogen (secondary N) is 1. The first-order chi connectivity index (χ1) is 15.0. The average molecular weight is 439 g/mol. The minimum absolute atomic E-state index is 0.0830. The van der Waals surface area contributed by atoms with E-state index in [0.29, 0.717) is 42.3 Å². The number of nitrogens with zero attached hydrogens (tertiary/aromatic N) is 5. The lowest BCUT2D eigenvalue weighted by atomic mass is 9.97. The Morgan fingerprint density at radius 1 is 1.23 bits per heavy atom. The van der Waals surface area contributed by atoms with E-state index in [4.69, 9.17) is 11.6 Å². The second-order valence-corrected chi connectivity index (χ2v) is 7.99. The zero-order valence-corrected chi connectivity index (χ0v) is 17.7. The maximum absolute atomic E-state index is 15.7. The van der Waals surface area contributed by atoms with Crippen LogP contribution in [0.5, 0.6) is 0 Å². The highest BCUT2D eigenvalue weighted by Crippen LogP contribution is 2.39. The van der Waals surface area contributed by atoms with Crippen LogP contribution in [0.1, 0.15) is 5.56 Å². The van der Waals surface area contributed by atoms with Gasteiger partial charge in [-0.3, -0.25) is 14.3 Å². The minimum atomic E-state index is -0.476. The maximum atomic E-state index is 15.7. The number of benzene rings is 1. The molecule has 3 aromatic heterocycles. The van der Waals surface area contributed by atoms with Crippen LogP contribution in [0.4, 0.5) is 10.2 Å². The van der Waals surface area contributed by atoms with Gasteiger partial charge in [-0.2, -0.15) is 5.10 Å². The van der Waals surface area contributed by atoms with Gasteiger partial charge in [0.1, 0.15) is 5.82 Å². The van der Waals surface area contributed by atoms with E-state index < -0.39 is 5.82 Å². The van der Waals surface area contributed by atoms with Crippen LogP contribution < -0.4 is 4.90 Å². The number of carbonyl (C=O) groups is 1. The molecule has 158 valence electrons. The smallest absolute Gasteiger partial charge is 0.246 e. The Kier molecular flexibility index (Phi) is 4.66. The normalized spacial score (nSPS) is 14.5. The van der Waals surface area contributed by atoms with E-state index >= 15 is 4.39 Å². The number of piperazine rings is 1. The van der Waals surface area contributed by atoms with Crippen molar-refractivity contribution in [2.75, 3.05) is 31.1 Å². The third kappa shape index (κ3) is 3.06. The van der Waals surface area contributed by atoms with Crippen molar-refractivity contribution in [2.45, 2.75) is 6.92 Å². The number of H-pyrrole nitrogens is 1. The van der Waals surface area contributed by atoms with Crippen LogP contribution in [0.3, 0.4) is 0 Å². The molecule has 5 rings (SSSR count). The lowest BCUT2D eigenvalue weighted by Gasteiger charge is -2.35. The lowest BCUT2D eigenvalue weighted by molar-refractivity contribution is -0.126. The highest BCUT2D eigenvalue weighted by Gasteiger charge is 2.25. The maximum Gasteiger partial charge on any atom is 0.246 e. The Hall–Kier alpha value is -3.39. The molecular formula is C22H20ClFN6O. The van der Waals surface area contributed by atoms with Gasteiger partial charge in [-0.05, 0) is 24.6 Å². The zero-order chi connectivity index (χ0) is 21.7. The summed E-state index contributed by atoms with van der Waals surface area (Å²) in [6, 6.07) is 3.83. The third-order valence-corrected chi connectivity index (χ3v) is 6.13. The second kappa shape index (κ2) is 7.39. The van der Waals surface area contributed by atoms with Gasteiger partial charge in [0.25, 0.3) is 0 Å². The first kappa shape index (κ1) is 19.6. The van der Waals surface area contributed by atoms with E-state index in [1.54, 1.807) is 27.9 Å². The molecule has 31 heavy (non-hydrogen) atoms. The highest BCUT2D eigenvalue weighted by molar-refractivity contribution is 6.34. The van der Waals surface area contributed by atoms with Crippen molar-refractivity contribution in [3.05, 3.63) is 59.8 Å². The molecule has 0 radical (unpaired) electrons. The molecule has 0 bridgehead atoms. The van der Waals surface area contributed by atoms with E-state index in [-0.39, 0.29) is 11.6 Å². The summed E-state index contributed by atoms with van der Waals surface area (Å²) in [4.78, 5) is 20.0. The fourth-order valence-corrected chi connectivity index (χ4v) is 4.52. The molecule has 0 spiro atoms. The summed E-state index contributed by atoms with van der Waals surface area (Å²) in [7, 11) is 0. The molecule has 1 fully saturated rings. The first-order valence-corrected chi connectivity index (χ1v) is 10.3. The molecule has 4 heterocycles. The van der Waals surface area contributed by atoms with Crippen molar-refractivity contribution in [3.63, 3.8) is 0 Å². The lowest BCUT2D eigenvalue weighted by Crippen LogP contribution is -2.48. The minimum Gasteiger partial charge on any atom is -0.353 e. The van der Waals surface area contributed by atoms with Gasteiger partial charge in [0.2, 0.25) is 5.91 Å². The van der Waals surface area contributed by atoms with Crippen LogP contribution in [0, 0.1) is 12.7 Å². The van der Waals surface area contributed by atoms with Crippen molar-refractivity contribution in [1.29, 1.82) is 0 Å². The Balaban J connectivity index is 1.58. The summed E-state index contributed by atoms with van der Waals surface area (Å²) < 4.78 is 17.4. The topological polar surface area (TPSA) is 69.5 Å². The molecular weight excluding hydrogens is 419 g/mol. The number of carbonyl (C=O) groups excluding carboxylic acids is 1. The molecule has 1 aromatic carbocycles. The number of hydrogen-bond acceptors (Lipinski definition) is 4. The number of anilines is 1. The SMILES string of the molecule is C=CC(=O)N1CCN(c2cnc3c(F)c(-c4c(C)ccc5[nH]ncc45)c(Cl)cn23)CC1. The van der Waals surface area contributed by atoms with Crippen molar-refractivity contribution in [1.82, 2.24) is 24.5 Å². The molecule has 0 saturated carbocycles. The molecule has 1 saturated heterocycles. The van der Waals surface area contributed by atoms with Crippen LogP contribution in [0.15, 0.2) is 43.4 Å². The predicted octanol–water partition coefficient (Wildman–Crippen LogP) is 3.81. The number of hydrogen-bond donors (Lipinski definition) is 1. The number of aromatic nitrogens is 4. The van der Waals surface area contributed by atoms with Gasteiger partial charge in [-0.1, -0.05) is 24.2 Å². The fraction of sp³-hybridized carbons (Fsp3) is 0.227. The standard InChI is InChI=1S/C22H20ClFN6O/c1-3-18(31)29-8-6-28(7-9-29)17-11-25-22-21(24)20(15(23)12-30(17)22)19-13(2)4-5-16-14(19)10-26-27-16/h3-5,10-12H,1,6-9H2,2H3,(H,26,27). The molecule has 1 N–H and O–H groups in total. The number of pyridine rings is 1. The Morgan fingerprint density at radius 3 is 2.74 bits per heavy atom. The number of aryl methyl sites for hydroxylation is 1. The molecule has 1 amide bonds. The van der Waals surface area contributed by atoms with Gasteiger partial charge in [-0.15, -0.1) is 0 Å². The highest BCUT2D eigenvalue weighted by atomic mass is 35.5. The average Bonchev–Trinajstić information content (AvgIpc) is 3.42. The summed E-state index contributed by atoms with van der Waals surface area (Å²) in [6.45, 7) is 7.81. The van der Waals surface area contributed by atoms with Crippen LogP contribution in [0.2, 0.25) is 5.02 Å². The fourth-order valence-electron chi connectivity index (χ4n) is 4.24. The number of rotatable bonds is 3. The van der Waals surface area contributed by atoms with Gasteiger partial charge < -0.3 is 9.80 Å². The molecule has 1 aliphatic heterocycles. The van der Waals surface area contributed by atoms with E-state index in [0.717, 1.165) is 22.3 Å². The number of imidazole rings is 1. The van der Waals surface area contributed by atoms with Crippen LogP contribution in [-0.2, 0) is 4.79 Å². The predicted molar refractivity (Wildman–Crippen MR) is 119 cm³/mol. The monoisotopic (exact) mass is 438 g/mol. The van der Waals surface area contributed by atoms with E-state index in [1.165, 1.54) is 6.08 Å². The quantitative estimate of drug-likeness (QED) is 0.494. The summed E-state index contributed by atoms with van der Waals surface area (Å²) in [5, 5.41) is 8.11. The molecule has 0 atom stereocenters. The number of amides is 1. The van der Waals surface area contributed by atoms with Gasteiger partial charge in [0.15, 0.2) is 11.5 Å². The van der Waals surface area contributed by atoms with Crippen LogP contribution >= 0.6 is 11.6 Å². The summed E-state index contributed by atoms with van der Waals surface area (Å²) in [5.74, 6) is 0.183.